The molecule has 0 atom stereocenters. The molecule has 1 amide bonds. The Kier molecular flexibility index (Phi) is 5.80. The molecule has 1 saturated carbocycles. The zero-order chi connectivity index (χ0) is 18.6. The number of rotatable bonds is 5. The van der Waals surface area contributed by atoms with Gasteiger partial charge in [-0.3, -0.25) is 9.69 Å². The number of piperidine rings is 1. The van der Waals surface area contributed by atoms with Crippen molar-refractivity contribution in [2.75, 3.05) is 30.4 Å². The van der Waals surface area contributed by atoms with Crippen LogP contribution in [0.25, 0.3) is 0 Å². The molecule has 1 heterocycles. The molecule has 3 rings (SSSR count). The second kappa shape index (κ2) is 8.07. The molecule has 0 unspecified atom stereocenters. The summed E-state index contributed by atoms with van der Waals surface area (Å²) in [6.45, 7) is 1.78. The van der Waals surface area contributed by atoms with Crippen molar-refractivity contribution in [3.8, 4) is 6.07 Å². The van der Waals surface area contributed by atoms with Crippen LogP contribution in [0.5, 0.6) is 0 Å². The number of anilines is 2. The summed E-state index contributed by atoms with van der Waals surface area (Å²) in [5.74, 6) is 0. The topological polar surface area (TPSA) is 79.6 Å². The third kappa shape index (κ3) is 3.69. The van der Waals surface area contributed by atoms with Crippen LogP contribution < -0.4 is 10.2 Å². The van der Waals surface area contributed by atoms with E-state index in [-0.39, 0.29) is 6.10 Å². The van der Waals surface area contributed by atoms with Crippen molar-refractivity contribution < 1.29 is 9.90 Å². The lowest BCUT2D eigenvalue weighted by atomic mass is 9.79. The molecular weight excluding hydrogens is 328 g/mol. The number of amides is 1. The number of benzene rings is 1. The van der Waals surface area contributed by atoms with Gasteiger partial charge in [0.05, 0.1) is 23.5 Å². The number of nitrogens with zero attached hydrogens (tertiary/aromatic N) is 3. The number of aliphatic hydroxyl groups excluding tert-OH is 1. The maximum Gasteiger partial charge on any atom is 0.211 e. The van der Waals surface area contributed by atoms with Gasteiger partial charge in [0.2, 0.25) is 6.41 Å². The van der Waals surface area contributed by atoms with E-state index in [9.17, 15) is 15.2 Å². The van der Waals surface area contributed by atoms with Crippen LogP contribution in [-0.2, 0) is 4.79 Å². The largest absolute Gasteiger partial charge is 0.393 e. The van der Waals surface area contributed by atoms with E-state index in [4.69, 9.17) is 0 Å². The quantitative estimate of drug-likeness (QED) is 0.792. The predicted molar refractivity (Wildman–Crippen MR) is 102 cm³/mol. The maximum atomic E-state index is 10.9. The summed E-state index contributed by atoms with van der Waals surface area (Å²) in [6, 6.07) is 10.8. The van der Waals surface area contributed by atoms with Crippen LogP contribution in [0.1, 0.15) is 38.5 Å². The van der Waals surface area contributed by atoms with Gasteiger partial charge in [-0.15, -0.1) is 0 Å². The second-order valence-electron chi connectivity index (χ2n) is 7.48. The summed E-state index contributed by atoms with van der Waals surface area (Å²) in [4.78, 5) is 15.4. The minimum Gasteiger partial charge on any atom is -0.393 e. The fourth-order valence-corrected chi connectivity index (χ4v) is 4.42. The Hall–Kier alpha value is -2.10. The zero-order valence-corrected chi connectivity index (χ0v) is 15.4. The maximum absolute atomic E-state index is 10.9. The molecule has 2 aliphatic rings. The van der Waals surface area contributed by atoms with E-state index < -0.39 is 5.54 Å². The average molecular weight is 356 g/mol. The standard InChI is InChI=1S/C20H28N4O2/c1-23(19-5-3-2-4-18(19)22-15-25)16-8-12-24(13-9-16)20(14-21)10-6-17(26)7-11-20/h2-5,15-17,26H,6-13H2,1H3,(H,22,25). The molecule has 0 aromatic heterocycles. The van der Waals surface area contributed by atoms with Gasteiger partial charge in [-0.1, -0.05) is 12.1 Å². The molecular formula is C20H28N4O2. The highest BCUT2D eigenvalue weighted by atomic mass is 16.3. The lowest BCUT2D eigenvalue weighted by Crippen LogP contribution is -2.55. The van der Waals surface area contributed by atoms with E-state index in [0.29, 0.717) is 12.5 Å². The third-order valence-corrected chi connectivity index (χ3v) is 6.11. The van der Waals surface area contributed by atoms with Crippen LogP contribution in [0.2, 0.25) is 0 Å². The molecule has 6 heteroatoms. The first-order chi connectivity index (χ1) is 12.6. The number of aliphatic hydroxyl groups is 1. The van der Waals surface area contributed by atoms with Crippen molar-refractivity contribution in [3.05, 3.63) is 24.3 Å². The van der Waals surface area contributed by atoms with Crippen LogP contribution in [0.3, 0.4) is 0 Å². The summed E-state index contributed by atoms with van der Waals surface area (Å²) >= 11 is 0. The third-order valence-electron chi connectivity index (χ3n) is 6.11. The highest BCUT2D eigenvalue weighted by Crippen LogP contribution is 2.36. The molecule has 0 bridgehead atoms. The van der Waals surface area contributed by atoms with Gasteiger partial charge in [-0.25, -0.2) is 0 Å². The number of hydrogen-bond donors (Lipinski definition) is 2. The Bertz CT molecular complexity index is 656. The number of carbonyl (C=O) groups is 1. The van der Waals surface area contributed by atoms with Crippen LogP contribution in [0.4, 0.5) is 11.4 Å². The Balaban J connectivity index is 1.65. The molecule has 140 valence electrons. The molecule has 1 saturated heterocycles. The van der Waals surface area contributed by atoms with E-state index in [2.05, 4.69) is 28.2 Å². The fourth-order valence-electron chi connectivity index (χ4n) is 4.42. The zero-order valence-electron chi connectivity index (χ0n) is 15.4. The van der Waals surface area contributed by atoms with Crippen molar-refractivity contribution in [1.82, 2.24) is 4.90 Å². The van der Waals surface area contributed by atoms with Crippen LogP contribution in [0, 0.1) is 11.3 Å². The Morgan fingerprint density at radius 1 is 1.27 bits per heavy atom. The normalized spacial score (nSPS) is 27.5. The summed E-state index contributed by atoms with van der Waals surface area (Å²) in [5.41, 5.74) is 1.44. The Labute approximate surface area is 155 Å². The summed E-state index contributed by atoms with van der Waals surface area (Å²) in [5, 5.41) is 22.4. The molecule has 6 nitrogen and oxygen atoms in total. The van der Waals surface area contributed by atoms with Gasteiger partial charge in [0.25, 0.3) is 0 Å². The Morgan fingerprint density at radius 3 is 2.54 bits per heavy atom. The molecule has 1 aliphatic heterocycles. The number of likely N-dealkylation sites (tertiary alicyclic amines) is 1. The first-order valence-electron chi connectivity index (χ1n) is 9.46. The fraction of sp³-hybridized carbons (Fsp3) is 0.600. The number of nitriles is 1. The van der Waals surface area contributed by atoms with Crippen molar-refractivity contribution in [2.24, 2.45) is 0 Å². The average Bonchev–Trinajstić information content (AvgIpc) is 2.69. The van der Waals surface area contributed by atoms with E-state index in [1.54, 1.807) is 0 Å². The number of nitrogens with one attached hydrogen (secondary N) is 1. The van der Waals surface area contributed by atoms with Crippen molar-refractivity contribution in [2.45, 2.75) is 56.2 Å². The van der Waals surface area contributed by atoms with E-state index in [0.717, 1.165) is 63.0 Å². The SMILES string of the molecule is CN(c1ccccc1NC=O)C1CCN(C2(C#N)CCC(O)CC2)CC1. The Morgan fingerprint density at radius 2 is 1.92 bits per heavy atom. The molecule has 26 heavy (non-hydrogen) atoms. The number of carbonyl (C=O) groups excluding carboxylic acids is 1. The molecule has 0 radical (unpaired) electrons. The molecule has 1 aromatic carbocycles. The van der Waals surface area contributed by atoms with Gasteiger partial charge in [-0.05, 0) is 50.7 Å². The van der Waals surface area contributed by atoms with Gasteiger partial charge in [0.1, 0.15) is 5.54 Å². The van der Waals surface area contributed by atoms with Crippen molar-refractivity contribution in [3.63, 3.8) is 0 Å². The lowest BCUT2D eigenvalue weighted by molar-refractivity contribution is -0.105. The van der Waals surface area contributed by atoms with Gasteiger partial charge in [0, 0.05) is 26.2 Å². The van der Waals surface area contributed by atoms with Gasteiger partial charge >= 0.3 is 0 Å². The monoisotopic (exact) mass is 356 g/mol. The molecule has 2 fully saturated rings. The first-order valence-corrected chi connectivity index (χ1v) is 9.46. The molecule has 2 N–H and O–H groups in total. The smallest absolute Gasteiger partial charge is 0.211 e. The van der Waals surface area contributed by atoms with Gasteiger partial charge < -0.3 is 15.3 Å². The molecule has 1 aliphatic carbocycles. The lowest BCUT2D eigenvalue weighted by Gasteiger charge is -2.47. The predicted octanol–water partition coefficient (Wildman–Crippen LogP) is 2.35. The van der Waals surface area contributed by atoms with Gasteiger partial charge in [0.15, 0.2) is 0 Å². The van der Waals surface area contributed by atoms with E-state index >= 15 is 0 Å². The van der Waals surface area contributed by atoms with Crippen molar-refractivity contribution >= 4 is 17.8 Å². The summed E-state index contributed by atoms with van der Waals surface area (Å²) in [7, 11) is 2.07. The highest BCUT2D eigenvalue weighted by molar-refractivity contribution is 5.81. The minimum absolute atomic E-state index is 0.248. The minimum atomic E-state index is -0.403. The summed E-state index contributed by atoms with van der Waals surface area (Å²) < 4.78 is 0. The van der Waals surface area contributed by atoms with E-state index in [1.807, 2.05) is 24.3 Å². The van der Waals surface area contributed by atoms with Crippen molar-refractivity contribution in [1.29, 1.82) is 5.26 Å². The van der Waals surface area contributed by atoms with Crippen LogP contribution in [-0.4, -0.2) is 54.2 Å². The number of para-hydroxylation sites is 2. The molecule has 1 aromatic rings. The number of hydrogen-bond acceptors (Lipinski definition) is 5. The van der Waals surface area contributed by atoms with Gasteiger partial charge in [-0.2, -0.15) is 5.26 Å². The van der Waals surface area contributed by atoms with E-state index in [1.165, 1.54) is 0 Å². The van der Waals surface area contributed by atoms with Crippen LogP contribution in [0.15, 0.2) is 24.3 Å². The summed E-state index contributed by atoms with van der Waals surface area (Å²) in [6.07, 6.45) is 5.39. The highest BCUT2D eigenvalue weighted by Gasteiger charge is 2.42. The molecule has 0 spiro atoms. The van der Waals surface area contributed by atoms with Crippen LogP contribution >= 0.6 is 0 Å². The first kappa shape index (κ1) is 18.7. The second-order valence-corrected chi connectivity index (χ2v) is 7.48.